The second kappa shape index (κ2) is 4.76. The molecule has 0 saturated heterocycles. The van der Waals surface area contributed by atoms with Crippen molar-refractivity contribution in [2.45, 2.75) is 42.5 Å². The summed E-state index contributed by atoms with van der Waals surface area (Å²) in [6.07, 6.45) is 9.50. The molecule has 0 spiro atoms. The molecule has 0 radical (unpaired) electrons. The van der Waals surface area contributed by atoms with E-state index >= 15 is 0 Å². The first kappa shape index (κ1) is 10.6. The van der Waals surface area contributed by atoms with Gasteiger partial charge in [0.05, 0.1) is 0 Å². The van der Waals surface area contributed by atoms with Crippen LogP contribution in [0.2, 0.25) is 0 Å². The summed E-state index contributed by atoms with van der Waals surface area (Å²) >= 11 is 1.92. The Kier molecular flexibility index (Phi) is 3.15. The Bertz CT molecular complexity index is 359. The molecule has 3 rings (SSSR count). The van der Waals surface area contributed by atoms with Crippen molar-refractivity contribution in [2.24, 2.45) is 0 Å². The third kappa shape index (κ3) is 2.98. The summed E-state index contributed by atoms with van der Waals surface area (Å²) in [5.41, 5.74) is 1.44. The molecule has 2 aliphatic carbocycles. The number of aromatic nitrogens is 1. The Labute approximate surface area is 101 Å². The zero-order chi connectivity index (χ0) is 10.8. The number of hydrogen-bond donors (Lipinski definition) is 1. The molecule has 0 aromatic carbocycles. The molecule has 1 heterocycles. The molecule has 0 amide bonds. The third-order valence-corrected chi connectivity index (χ3v) is 4.13. The van der Waals surface area contributed by atoms with Crippen LogP contribution in [0.5, 0.6) is 0 Å². The summed E-state index contributed by atoms with van der Waals surface area (Å²) < 4.78 is 0. The molecule has 0 atom stereocenters. The number of rotatable bonds is 6. The highest BCUT2D eigenvalue weighted by atomic mass is 32.2. The lowest BCUT2D eigenvalue weighted by Crippen LogP contribution is -2.19. The van der Waals surface area contributed by atoms with Gasteiger partial charge < -0.3 is 5.32 Å². The molecule has 2 aliphatic rings. The first-order valence-corrected chi connectivity index (χ1v) is 7.21. The van der Waals surface area contributed by atoms with Crippen LogP contribution in [0.15, 0.2) is 23.4 Å². The summed E-state index contributed by atoms with van der Waals surface area (Å²) in [4.78, 5) is 5.67. The lowest BCUT2D eigenvalue weighted by atomic mass is 10.2. The Hall–Kier alpha value is -0.540. The van der Waals surface area contributed by atoms with E-state index < -0.39 is 0 Å². The number of thioether (sulfide) groups is 1. The van der Waals surface area contributed by atoms with E-state index in [1.54, 1.807) is 0 Å². The molecule has 1 aromatic heterocycles. The highest BCUT2D eigenvalue weighted by Crippen LogP contribution is 2.40. The average molecular weight is 234 g/mol. The predicted molar refractivity (Wildman–Crippen MR) is 68.0 cm³/mol. The Morgan fingerprint density at radius 1 is 1.25 bits per heavy atom. The van der Waals surface area contributed by atoms with Crippen molar-refractivity contribution >= 4 is 11.8 Å². The predicted octanol–water partition coefficient (Wildman–Crippen LogP) is 2.80. The maximum atomic E-state index is 4.33. The Morgan fingerprint density at radius 3 is 2.88 bits per heavy atom. The highest BCUT2D eigenvalue weighted by Gasteiger charge is 2.23. The van der Waals surface area contributed by atoms with Gasteiger partial charge in [0.15, 0.2) is 0 Å². The number of hydrogen-bond acceptors (Lipinski definition) is 3. The van der Waals surface area contributed by atoms with Gasteiger partial charge in [-0.05, 0) is 43.2 Å². The fraction of sp³-hybridized carbons (Fsp3) is 0.615. The van der Waals surface area contributed by atoms with Gasteiger partial charge in [0.25, 0.3) is 0 Å². The van der Waals surface area contributed by atoms with Crippen LogP contribution >= 0.6 is 11.8 Å². The van der Waals surface area contributed by atoms with Crippen LogP contribution in [0.4, 0.5) is 0 Å². The van der Waals surface area contributed by atoms with Crippen molar-refractivity contribution in [2.75, 3.05) is 12.3 Å². The van der Waals surface area contributed by atoms with E-state index in [0.717, 1.165) is 24.3 Å². The molecular weight excluding hydrogens is 216 g/mol. The maximum Gasteiger partial charge on any atom is 0.0404 e. The monoisotopic (exact) mass is 234 g/mol. The minimum atomic E-state index is 0.817. The molecule has 2 nitrogen and oxygen atoms in total. The molecule has 0 bridgehead atoms. The molecule has 16 heavy (non-hydrogen) atoms. The summed E-state index contributed by atoms with van der Waals surface area (Å²) in [6.45, 7) is 1.13. The first-order valence-electron chi connectivity index (χ1n) is 6.23. The highest BCUT2D eigenvalue weighted by molar-refractivity contribution is 7.99. The molecule has 2 fully saturated rings. The third-order valence-electron chi connectivity index (χ3n) is 3.16. The zero-order valence-electron chi connectivity index (χ0n) is 9.48. The van der Waals surface area contributed by atoms with Crippen molar-refractivity contribution in [1.29, 1.82) is 0 Å². The number of pyridine rings is 1. The van der Waals surface area contributed by atoms with E-state index in [4.69, 9.17) is 0 Å². The average Bonchev–Trinajstić information content (AvgIpc) is 3.18. The molecule has 0 unspecified atom stereocenters. The van der Waals surface area contributed by atoms with Gasteiger partial charge in [0.1, 0.15) is 0 Å². The van der Waals surface area contributed by atoms with Gasteiger partial charge in [-0.2, -0.15) is 0 Å². The molecule has 2 saturated carbocycles. The zero-order valence-corrected chi connectivity index (χ0v) is 10.3. The minimum absolute atomic E-state index is 0.817. The van der Waals surface area contributed by atoms with E-state index in [1.165, 1.54) is 36.1 Å². The molecular formula is C13H18N2S. The smallest absolute Gasteiger partial charge is 0.0404 e. The van der Waals surface area contributed by atoms with Gasteiger partial charge >= 0.3 is 0 Å². The van der Waals surface area contributed by atoms with Crippen LogP contribution in [0.1, 0.15) is 37.2 Å². The maximum absolute atomic E-state index is 4.33. The summed E-state index contributed by atoms with van der Waals surface area (Å²) in [5.74, 6) is 1.98. The topological polar surface area (TPSA) is 24.9 Å². The molecule has 86 valence electrons. The van der Waals surface area contributed by atoms with Gasteiger partial charge in [0, 0.05) is 35.6 Å². The normalized spacial score (nSPS) is 20.0. The van der Waals surface area contributed by atoms with Crippen molar-refractivity contribution in [3.8, 4) is 0 Å². The molecule has 3 heteroatoms. The lowest BCUT2D eigenvalue weighted by molar-refractivity contribution is 0.726. The van der Waals surface area contributed by atoms with E-state index in [9.17, 15) is 0 Å². The second-order valence-electron chi connectivity index (χ2n) is 4.81. The standard InChI is InChI=1S/C13H18N2S/c1-2-10(1)11-7-13(9-14-8-11)16-6-5-15-12-3-4-12/h7-10,12,15H,1-6H2. The van der Waals surface area contributed by atoms with E-state index in [0.29, 0.717) is 0 Å². The van der Waals surface area contributed by atoms with E-state index in [1.807, 2.05) is 24.2 Å². The summed E-state index contributed by atoms with van der Waals surface area (Å²) in [5, 5.41) is 3.54. The molecule has 1 N–H and O–H groups in total. The number of nitrogens with zero attached hydrogens (tertiary/aromatic N) is 1. The van der Waals surface area contributed by atoms with Crippen LogP contribution in [-0.2, 0) is 0 Å². The fourth-order valence-corrected chi connectivity index (χ4v) is 2.68. The van der Waals surface area contributed by atoms with E-state index in [2.05, 4.69) is 16.4 Å². The Balaban J connectivity index is 1.46. The van der Waals surface area contributed by atoms with Crippen molar-refractivity contribution < 1.29 is 0 Å². The van der Waals surface area contributed by atoms with Crippen LogP contribution in [0.3, 0.4) is 0 Å². The lowest BCUT2D eigenvalue weighted by Gasteiger charge is -2.04. The Morgan fingerprint density at radius 2 is 2.12 bits per heavy atom. The molecule has 0 aliphatic heterocycles. The number of nitrogens with one attached hydrogen (secondary N) is 1. The minimum Gasteiger partial charge on any atom is -0.313 e. The SMILES string of the molecule is c1ncc(C2CC2)cc1SCCNC1CC1. The first-order chi connectivity index (χ1) is 7.92. The van der Waals surface area contributed by atoms with Gasteiger partial charge in [-0.15, -0.1) is 11.8 Å². The van der Waals surface area contributed by atoms with Crippen LogP contribution in [-0.4, -0.2) is 23.3 Å². The van der Waals surface area contributed by atoms with Crippen molar-refractivity contribution in [3.05, 3.63) is 24.0 Å². The van der Waals surface area contributed by atoms with Gasteiger partial charge in [-0.1, -0.05) is 0 Å². The second-order valence-corrected chi connectivity index (χ2v) is 5.97. The van der Waals surface area contributed by atoms with Gasteiger partial charge in [-0.25, -0.2) is 0 Å². The van der Waals surface area contributed by atoms with Crippen molar-refractivity contribution in [1.82, 2.24) is 10.3 Å². The van der Waals surface area contributed by atoms with Crippen LogP contribution in [0, 0.1) is 0 Å². The van der Waals surface area contributed by atoms with Crippen molar-refractivity contribution in [3.63, 3.8) is 0 Å². The van der Waals surface area contributed by atoms with Crippen LogP contribution in [0.25, 0.3) is 0 Å². The quantitative estimate of drug-likeness (QED) is 0.605. The summed E-state index contributed by atoms with van der Waals surface area (Å²) in [7, 11) is 0. The van der Waals surface area contributed by atoms with Gasteiger partial charge in [0.2, 0.25) is 0 Å². The van der Waals surface area contributed by atoms with E-state index in [-0.39, 0.29) is 0 Å². The summed E-state index contributed by atoms with van der Waals surface area (Å²) in [6, 6.07) is 3.16. The van der Waals surface area contributed by atoms with Crippen LogP contribution < -0.4 is 5.32 Å². The van der Waals surface area contributed by atoms with Gasteiger partial charge in [-0.3, -0.25) is 4.98 Å². The largest absolute Gasteiger partial charge is 0.313 e. The fourth-order valence-electron chi connectivity index (χ4n) is 1.87. The molecule has 1 aromatic rings.